The lowest BCUT2D eigenvalue weighted by Gasteiger charge is -2.08. The first kappa shape index (κ1) is 15.0. The van der Waals surface area contributed by atoms with Crippen molar-refractivity contribution in [3.8, 4) is 11.3 Å². The van der Waals surface area contributed by atoms with Crippen LogP contribution in [0.1, 0.15) is 18.2 Å². The Bertz CT molecular complexity index is 818. The number of hydrogen-bond donors (Lipinski definition) is 2. The molecule has 3 aromatic rings. The first-order valence-electron chi connectivity index (χ1n) is 7.22. The Hall–Kier alpha value is -2.96. The number of nitrogens with two attached hydrogens (primary N) is 1. The van der Waals surface area contributed by atoms with Crippen molar-refractivity contribution >= 4 is 11.8 Å². The van der Waals surface area contributed by atoms with Gasteiger partial charge in [0.2, 0.25) is 5.95 Å². The van der Waals surface area contributed by atoms with Gasteiger partial charge in [-0.15, -0.1) is 0 Å². The monoisotopic (exact) mass is 313 g/mol. The molecular weight excluding hydrogens is 297 g/mol. The average Bonchev–Trinajstić information content (AvgIpc) is 3.02. The summed E-state index contributed by atoms with van der Waals surface area (Å²) in [6.45, 7) is 2.41. The van der Waals surface area contributed by atoms with Gasteiger partial charge >= 0.3 is 0 Å². The number of rotatable bonds is 5. The van der Waals surface area contributed by atoms with E-state index in [1.165, 1.54) is 12.1 Å². The van der Waals surface area contributed by atoms with E-state index in [4.69, 9.17) is 10.3 Å². The van der Waals surface area contributed by atoms with Crippen molar-refractivity contribution in [1.82, 2.24) is 15.1 Å². The Morgan fingerprint density at radius 1 is 1.30 bits per heavy atom. The van der Waals surface area contributed by atoms with Crippen molar-refractivity contribution in [3.63, 3.8) is 0 Å². The van der Waals surface area contributed by atoms with Crippen LogP contribution in [0, 0.1) is 5.82 Å². The van der Waals surface area contributed by atoms with Crippen LogP contribution in [0.5, 0.6) is 0 Å². The quantitative estimate of drug-likeness (QED) is 0.752. The van der Waals surface area contributed by atoms with Crippen LogP contribution in [-0.2, 0) is 13.0 Å². The van der Waals surface area contributed by atoms with Gasteiger partial charge in [-0.25, -0.2) is 9.37 Å². The van der Waals surface area contributed by atoms with Crippen molar-refractivity contribution < 1.29 is 8.91 Å². The van der Waals surface area contributed by atoms with Gasteiger partial charge in [0.1, 0.15) is 17.3 Å². The fraction of sp³-hybridized carbons (Fsp3) is 0.188. The highest BCUT2D eigenvalue weighted by Gasteiger charge is 2.09. The summed E-state index contributed by atoms with van der Waals surface area (Å²) in [5, 5.41) is 7.12. The SMILES string of the molecule is CCc1cnc(N)nc1NCc1cc(-c2cccc(F)c2)no1. The van der Waals surface area contributed by atoms with Crippen LogP contribution in [0.2, 0.25) is 0 Å². The lowest BCUT2D eigenvalue weighted by Crippen LogP contribution is -2.06. The molecule has 3 rings (SSSR count). The molecule has 1 aromatic carbocycles. The molecule has 0 radical (unpaired) electrons. The van der Waals surface area contributed by atoms with Crippen molar-refractivity contribution in [2.24, 2.45) is 0 Å². The molecule has 2 aromatic heterocycles. The molecule has 0 bridgehead atoms. The average molecular weight is 313 g/mol. The van der Waals surface area contributed by atoms with Crippen LogP contribution in [0.25, 0.3) is 11.3 Å². The van der Waals surface area contributed by atoms with Crippen molar-refractivity contribution in [3.05, 3.63) is 53.7 Å². The fourth-order valence-corrected chi connectivity index (χ4v) is 2.18. The van der Waals surface area contributed by atoms with Crippen molar-refractivity contribution in [2.45, 2.75) is 19.9 Å². The summed E-state index contributed by atoms with van der Waals surface area (Å²) in [4.78, 5) is 8.15. The van der Waals surface area contributed by atoms with E-state index < -0.39 is 0 Å². The third-order valence-corrected chi connectivity index (χ3v) is 3.37. The zero-order valence-corrected chi connectivity index (χ0v) is 12.6. The molecule has 0 atom stereocenters. The molecule has 0 saturated carbocycles. The van der Waals surface area contributed by atoms with E-state index in [-0.39, 0.29) is 11.8 Å². The molecule has 0 aliphatic rings. The van der Waals surface area contributed by atoms with E-state index >= 15 is 0 Å². The molecule has 0 aliphatic heterocycles. The predicted octanol–water partition coefficient (Wildman–Crippen LogP) is 3.03. The highest BCUT2D eigenvalue weighted by Crippen LogP contribution is 2.21. The maximum Gasteiger partial charge on any atom is 0.221 e. The van der Waals surface area contributed by atoms with Crippen LogP contribution in [-0.4, -0.2) is 15.1 Å². The molecule has 23 heavy (non-hydrogen) atoms. The maximum atomic E-state index is 13.3. The number of anilines is 2. The first-order chi connectivity index (χ1) is 11.2. The van der Waals surface area contributed by atoms with Gasteiger partial charge in [-0.2, -0.15) is 4.98 Å². The zero-order chi connectivity index (χ0) is 16.2. The van der Waals surface area contributed by atoms with Gasteiger partial charge in [0.25, 0.3) is 0 Å². The van der Waals surface area contributed by atoms with Crippen LogP contribution in [0.3, 0.4) is 0 Å². The Kier molecular flexibility index (Phi) is 4.18. The molecule has 7 heteroatoms. The minimum absolute atomic E-state index is 0.211. The number of nitrogen functional groups attached to an aromatic ring is 1. The number of aromatic nitrogens is 3. The molecule has 0 saturated heterocycles. The third-order valence-electron chi connectivity index (χ3n) is 3.37. The zero-order valence-electron chi connectivity index (χ0n) is 12.6. The maximum absolute atomic E-state index is 13.3. The molecule has 6 nitrogen and oxygen atoms in total. The highest BCUT2D eigenvalue weighted by atomic mass is 19.1. The van der Waals surface area contributed by atoms with E-state index in [9.17, 15) is 4.39 Å². The summed E-state index contributed by atoms with van der Waals surface area (Å²) in [7, 11) is 0. The topological polar surface area (TPSA) is 89.9 Å². The molecule has 0 aliphatic carbocycles. The number of hydrogen-bond acceptors (Lipinski definition) is 6. The number of benzene rings is 1. The molecule has 0 spiro atoms. The summed E-state index contributed by atoms with van der Waals surface area (Å²) < 4.78 is 18.5. The summed E-state index contributed by atoms with van der Waals surface area (Å²) in [6, 6.07) is 7.97. The van der Waals surface area contributed by atoms with Crippen LogP contribution < -0.4 is 11.1 Å². The smallest absolute Gasteiger partial charge is 0.221 e. The van der Waals surface area contributed by atoms with Gasteiger partial charge in [-0.1, -0.05) is 24.2 Å². The van der Waals surface area contributed by atoms with Gasteiger partial charge in [0.05, 0.1) is 6.54 Å². The molecule has 0 unspecified atom stereocenters. The minimum atomic E-state index is -0.311. The molecule has 118 valence electrons. The Balaban J connectivity index is 1.74. The van der Waals surface area contributed by atoms with Crippen molar-refractivity contribution in [2.75, 3.05) is 11.1 Å². The first-order valence-corrected chi connectivity index (χ1v) is 7.22. The van der Waals surface area contributed by atoms with Gasteiger partial charge in [0, 0.05) is 23.4 Å². The minimum Gasteiger partial charge on any atom is -0.368 e. The van der Waals surface area contributed by atoms with E-state index in [0.717, 1.165) is 12.0 Å². The lowest BCUT2D eigenvalue weighted by molar-refractivity contribution is 0.390. The van der Waals surface area contributed by atoms with Gasteiger partial charge in [0.15, 0.2) is 5.76 Å². The van der Waals surface area contributed by atoms with Gasteiger partial charge < -0.3 is 15.6 Å². The highest BCUT2D eigenvalue weighted by molar-refractivity contribution is 5.58. The Morgan fingerprint density at radius 3 is 2.96 bits per heavy atom. The summed E-state index contributed by atoms with van der Waals surface area (Å²) in [5.41, 5.74) is 7.82. The second-order valence-electron chi connectivity index (χ2n) is 5.00. The Labute approximate surface area is 132 Å². The van der Waals surface area contributed by atoms with E-state index in [2.05, 4.69) is 20.4 Å². The van der Waals surface area contributed by atoms with Gasteiger partial charge in [-0.3, -0.25) is 0 Å². The second kappa shape index (κ2) is 6.43. The largest absolute Gasteiger partial charge is 0.368 e. The van der Waals surface area contributed by atoms with Crippen LogP contribution in [0.4, 0.5) is 16.2 Å². The van der Waals surface area contributed by atoms with Gasteiger partial charge in [-0.05, 0) is 18.6 Å². The number of nitrogens with zero attached hydrogens (tertiary/aromatic N) is 3. The standard InChI is InChI=1S/C16H16FN5O/c1-2-10-8-20-16(18)21-15(10)19-9-13-7-14(22-23-13)11-4-3-5-12(17)6-11/h3-8H,2,9H2,1H3,(H3,18,19,20,21). The van der Waals surface area contributed by atoms with Crippen LogP contribution in [0.15, 0.2) is 41.1 Å². The van der Waals surface area contributed by atoms with Crippen LogP contribution >= 0.6 is 0 Å². The summed E-state index contributed by atoms with van der Waals surface area (Å²) >= 11 is 0. The summed E-state index contributed by atoms with van der Waals surface area (Å²) in [5.74, 6) is 1.18. The summed E-state index contributed by atoms with van der Waals surface area (Å²) in [6.07, 6.45) is 2.48. The number of aryl methyl sites for hydroxylation is 1. The molecule has 0 fully saturated rings. The van der Waals surface area contributed by atoms with Crippen molar-refractivity contribution in [1.29, 1.82) is 0 Å². The molecule has 3 N–H and O–H groups in total. The number of halogens is 1. The Morgan fingerprint density at radius 2 is 2.17 bits per heavy atom. The van der Waals surface area contributed by atoms with E-state index in [1.807, 2.05) is 6.92 Å². The molecule has 2 heterocycles. The fourth-order valence-electron chi connectivity index (χ4n) is 2.18. The molecular formula is C16H16FN5O. The normalized spacial score (nSPS) is 10.7. The van der Waals surface area contributed by atoms with E-state index in [1.54, 1.807) is 24.4 Å². The third kappa shape index (κ3) is 3.45. The van der Waals surface area contributed by atoms with E-state index in [0.29, 0.717) is 29.4 Å². The number of nitrogens with one attached hydrogen (secondary N) is 1. The second-order valence-corrected chi connectivity index (χ2v) is 5.00. The predicted molar refractivity (Wildman–Crippen MR) is 85.0 cm³/mol. The molecule has 0 amide bonds. The lowest BCUT2D eigenvalue weighted by atomic mass is 10.1.